The monoisotopic (exact) mass is 192 g/mol. The van der Waals surface area contributed by atoms with Crippen LogP contribution in [0.5, 0.6) is 0 Å². The number of aryl methyl sites for hydroxylation is 1. The number of nitrogens with one attached hydrogen (secondary N) is 1. The Morgan fingerprint density at radius 3 is 3.21 bits per heavy atom. The van der Waals surface area contributed by atoms with E-state index in [0.717, 1.165) is 32.5 Å². The summed E-state index contributed by atoms with van der Waals surface area (Å²) in [4.78, 5) is 4.35. The summed E-state index contributed by atoms with van der Waals surface area (Å²) < 4.78 is 1.96. The molecular formula is C10H16N4. The van der Waals surface area contributed by atoms with E-state index in [2.05, 4.69) is 15.4 Å². The van der Waals surface area contributed by atoms with Gasteiger partial charge in [0, 0.05) is 38.4 Å². The molecule has 76 valence electrons. The Kier molecular flexibility index (Phi) is 3.16. The van der Waals surface area contributed by atoms with Gasteiger partial charge in [-0.2, -0.15) is 5.10 Å². The molecule has 0 spiro atoms. The molecule has 0 aliphatic carbocycles. The molecule has 1 aliphatic heterocycles. The second-order valence-corrected chi connectivity index (χ2v) is 3.48. The van der Waals surface area contributed by atoms with Crippen LogP contribution >= 0.6 is 0 Å². The minimum Gasteiger partial charge on any atom is -0.374 e. The summed E-state index contributed by atoms with van der Waals surface area (Å²) in [6, 6.07) is 1.95. The van der Waals surface area contributed by atoms with Crippen LogP contribution in [-0.2, 0) is 6.54 Å². The first-order chi connectivity index (χ1) is 6.95. The normalized spacial score (nSPS) is 15.6. The van der Waals surface area contributed by atoms with Gasteiger partial charge < -0.3 is 5.32 Å². The largest absolute Gasteiger partial charge is 0.374 e. The standard InChI is InChI=1S/C10H16N4/c1-4-10(11-5-1)12-6-2-8-14-9-3-7-13-14/h3,7,9H,1-2,4-6,8H2,(H,11,12). The third-order valence-corrected chi connectivity index (χ3v) is 2.33. The lowest BCUT2D eigenvalue weighted by atomic mass is 10.3. The molecule has 2 rings (SSSR count). The van der Waals surface area contributed by atoms with E-state index >= 15 is 0 Å². The molecule has 1 N–H and O–H groups in total. The minimum atomic E-state index is 0.979. The highest BCUT2D eigenvalue weighted by atomic mass is 15.3. The maximum Gasteiger partial charge on any atom is 0.0963 e. The average Bonchev–Trinajstić information content (AvgIpc) is 2.86. The molecule has 0 unspecified atom stereocenters. The van der Waals surface area contributed by atoms with Crippen molar-refractivity contribution in [3.8, 4) is 0 Å². The Morgan fingerprint density at radius 1 is 1.50 bits per heavy atom. The molecule has 1 aliphatic rings. The van der Waals surface area contributed by atoms with Crippen molar-refractivity contribution >= 4 is 5.84 Å². The summed E-state index contributed by atoms with van der Waals surface area (Å²) >= 11 is 0. The van der Waals surface area contributed by atoms with Crippen molar-refractivity contribution in [2.45, 2.75) is 25.8 Å². The van der Waals surface area contributed by atoms with E-state index < -0.39 is 0 Å². The zero-order valence-corrected chi connectivity index (χ0v) is 8.32. The molecule has 4 heteroatoms. The van der Waals surface area contributed by atoms with Crippen molar-refractivity contribution in [1.82, 2.24) is 15.1 Å². The van der Waals surface area contributed by atoms with Crippen LogP contribution in [-0.4, -0.2) is 28.7 Å². The Hall–Kier alpha value is -1.32. The van der Waals surface area contributed by atoms with Crippen molar-refractivity contribution in [3.63, 3.8) is 0 Å². The van der Waals surface area contributed by atoms with Crippen LogP contribution in [0.1, 0.15) is 19.3 Å². The fraction of sp³-hybridized carbons (Fsp3) is 0.600. The molecule has 0 saturated heterocycles. The lowest BCUT2D eigenvalue weighted by Crippen LogP contribution is -2.23. The molecule has 0 radical (unpaired) electrons. The summed E-state index contributed by atoms with van der Waals surface area (Å²) in [5.74, 6) is 1.19. The zero-order chi connectivity index (χ0) is 9.64. The van der Waals surface area contributed by atoms with Crippen molar-refractivity contribution in [2.75, 3.05) is 13.1 Å². The lowest BCUT2D eigenvalue weighted by Gasteiger charge is -2.05. The summed E-state index contributed by atoms with van der Waals surface area (Å²) in [6.45, 7) is 2.98. The molecule has 0 saturated carbocycles. The lowest BCUT2D eigenvalue weighted by molar-refractivity contribution is 0.572. The molecule has 0 atom stereocenters. The maximum absolute atomic E-state index is 4.35. The smallest absolute Gasteiger partial charge is 0.0963 e. The predicted molar refractivity (Wildman–Crippen MR) is 56.4 cm³/mol. The van der Waals surface area contributed by atoms with Gasteiger partial charge in [-0.25, -0.2) is 0 Å². The van der Waals surface area contributed by atoms with Gasteiger partial charge in [-0.15, -0.1) is 0 Å². The number of aromatic nitrogens is 2. The summed E-state index contributed by atoms with van der Waals surface area (Å²) in [7, 11) is 0. The Balaban J connectivity index is 1.59. The molecule has 0 aromatic carbocycles. The third kappa shape index (κ3) is 2.58. The van der Waals surface area contributed by atoms with Gasteiger partial charge >= 0.3 is 0 Å². The molecule has 14 heavy (non-hydrogen) atoms. The molecule has 1 aromatic rings. The van der Waals surface area contributed by atoms with Gasteiger partial charge in [0.1, 0.15) is 0 Å². The highest BCUT2D eigenvalue weighted by Crippen LogP contribution is 2.00. The van der Waals surface area contributed by atoms with Crippen LogP contribution in [0.4, 0.5) is 0 Å². The van der Waals surface area contributed by atoms with E-state index in [9.17, 15) is 0 Å². The molecule has 0 amide bonds. The Labute approximate surface area is 84.0 Å². The number of nitrogens with zero attached hydrogens (tertiary/aromatic N) is 3. The van der Waals surface area contributed by atoms with Crippen LogP contribution in [0.2, 0.25) is 0 Å². The van der Waals surface area contributed by atoms with Gasteiger partial charge in [-0.1, -0.05) is 0 Å². The van der Waals surface area contributed by atoms with E-state index in [0.29, 0.717) is 0 Å². The minimum absolute atomic E-state index is 0.979. The van der Waals surface area contributed by atoms with Gasteiger partial charge in [0.2, 0.25) is 0 Å². The number of aliphatic imine (C=N–C) groups is 1. The SMILES string of the molecule is c1cnn(CCCNC2=NCCC2)c1. The first kappa shape index (κ1) is 9.24. The molecule has 2 heterocycles. The Bertz CT molecular complexity index is 289. The van der Waals surface area contributed by atoms with Gasteiger partial charge in [0.05, 0.1) is 5.84 Å². The second-order valence-electron chi connectivity index (χ2n) is 3.48. The van der Waals surface area contributed by atoms with Crippen LogP contribution in [0.15, 0.2) is 23.5 Å². The van der Waals surface area contributed by atoms with Gasteiger partial charge in [-0.3, -0.25) is 9.67 Å². The van der Waals surface area contributed by atoms with Gasteiger partial charge in [0.25, 0.3) is 0 Å². The highest BCUT2D eigenvalue weighted by molar-refractivity contribution is 5.83. The summed E-state index contributed by atoms with van der Waals surface area (Å²) in [5.41, 5.74) is 0. The number of amidine groups is 1. The van der Waals surface area contributed by atoms with Crippen LogP contribution in [0.3, 0.4) is 0 Å². The quantitative estimate of drug-likeness (QED) is 0.725. The topological polar surface area (TPSA) is 42.2 Å². The molecule has 1 aromatic heterocycles. The molecule has 0 bridgehead atoms. The fourth-order valence-electron chi connectivity index (χ4n) is 1.59. The molecular weight excluding hydrogens is 176 g/mol. The van der Waals surface area contributed by atoms with Crippen LogP contribution < -0.4 is 5.32 Å². The van der Waals surface area contributed by atoms with Crippen molar-refractivity contribution in [3.05, 3.63) is 18.5 Å². The van der Waals surface area contributed by atoms with Gasteiger partial charge in [0.15, 0.2) is 0 Å². The van der Waals surface area contributed by atoms with Crippen LogP contribution in [0.25, 0.3) is 0 Å². The van der Waals surface area contributed by atoms with E-state index in [1.165, 1.54) is 12.3 Å². The zero-order valence-electron chi connectivity index (χ0n) is 8.32. The first-order valence-electron chi connectivity index (χ1n) is 5.20. The second kappa shape index (κ2) is 4.79. The van der Waals surface area contributed by atoms with E-state index in [-0.39, 0.29) is 0 Å². The third-order valence-electron chi connectivity index (χ3n) is 2.33. The highest BCUT2D eigenvalue weighted by Gasteiger charge is 2.03. The number of hydrogen-bond donors (Lipinski definition) is 1. The van der Waals surface area contributed by atoms with E-state index in [1.54, 1.807) is 0 Å². The number of rotatable bonds is 4. The maximum atomic E-state index is 4.35. The van der Waals surface area contributed by atoms with Crippen molar-refractivity contribution in [2.24, 2.45) is 4.99 Å². The fourth-order valence-corrected chi connectivity index (χ4v) is 1.59. The molecule has 0 fully saturated rings. The van der Waals surface area contributed by atoms with Crippen LogP contribution in [0, 0.1) is 0 Å². The average molecular weight is 192 g/mol. The van der Waals surface area contributed by atoms with E-state index in [1.807, 2.05) is 23.1 Å². The summed E-state index contributed by atoms with van der Waals surface area (Å²) in [6.07, 6.45) is 7.24. The van der Waals surface area contributed by atoms with Crippen molar-refractivity contribution < 1.29 is 0 Å². The molecule has 4 nitrogen and oxygen atoms in total. The first-order valence-corrected chi connectivity index (χ1v) is 5.20. The summed E-state index contributed by atoms with van der Waals surface area (Å²) in [5, 5.41) is 7.50. The predicted octanol–water partition coefficient (Wildman–Crippen LogP) is 1.06. The number of hydrogen-bond acceptors (Lipinski definition) is 3. The van der Waals surface area contributed by atoms with E-state index in [4.69, 9.17) is 0 Å². The Morgan fingerprint density at radius 2 is 2.50 bits per heavy atom. The van der Waals surface area contributed by atoms with Crippen molar-refractivity contribution in [1.29, 1.82) is 0 Å². The van der Waals surface area contributed by atoms with Gasteiger partial charge in [-0.05, 0) is 18.9 Å².